The summed E-state index contributed by atoms with van der Waals surface area (Å²) in [5, 5.41) is 13.6. The van der Waals surface area contributed by atoms with Crippen molar-refractivity contribution in [3.63, 3.8) is 0 Å². The van der Waals surface area contributed by atoms with Crippen molar-refractivity contribution in [2.24, 2.45) is 5.41 Å². The molecule has 1 fully saturated rings. The summed E-state index contributed by atoms with van der Waals surface area (Å²) < 4.78 is 5.38. The summed E-state index contributed by atoms with van der Waals surface area (Å²) in [6, 6.07) is 0. The van der Waals surface area contributed by atoms with Gasteiger partial charge in [-0.1, -0.05) is 0 Å². The van der Waals surface area contributed by atoms with Gasteiger partial charge in [-0.05, 0) is 45.2 Å². The van der Waals surface area contributed by atoms with E-state index < -0.39 is 0 Å². The van der Waals surface area contributed by atoms with Crippen LogP contribution >= 0.6 is 12.4 Å². The molecule has 22 heavy (non-hydrogen) atoms. The van der Waals surface area contributed by atoms with E-state index in [0.29, 0.717) is 18.8 Å². The first-order valence-electron chi connectivity index (χ1n) is 7.78. The molecule has 0 aromatic carbocycles. The van der Waals surface area contributed by atoms with Gasteiger partial charge in [-0.25, -0.2) is 0 Å². The van der Waals surface area contributed by atoms with E-state index >= 15 is 0 Å². The van der Waals surface area contributed by atoms with E-state index in [1.165, 1.54) is 0 Å². The summed E-state index contributed by atoms with van der Waals surface area (Å²) in [6.45, 7) is 3.31. The molecule has 0 spiro atoms. The number of nitrogens with zero attached hydrogens (tertiary/aromatic N) is 1. The summed E-state index contributed by atoms with van der Waals surface area (Å²) in [4.78, 5) is 12.4. The van der Waals surface area contributed by atoms with Crippen LogP contribution in [0.4, 0.5) is 0 Å². The summed E-state index contributed by atoms with van der Waals surface area (Å²) in [5.41, 5.74) is 2.88. The number of ether oxygens (including phenoxy) is 1. The Labute approximate surface area is 137 Å². The molecule has 0 unspecified atom stereocenters. The first kappa shape index (κ1) is 17.2. The van der Waals surface area contributed by atoms with Gasteiger partial charge < -0.3 is 15.4 Å². The molecule has 3 N–H and O–H groups in total. The summed E-state index contributed by atoms with van der Waals surface area (Å²) >= 11 is 0. The van der Waals surface area contributed by atoms with Crippen molar-refractivity contribution in [2.75, 3.05) is 33.4 Å². The van der Waals surface area contributed by atoms with Crippen LogP contribution in [0.15, 0.2) is 0 Å². The Morgan fingerprint density at radius 2 is 2.14 bits per heavy atom. The number of carbonyl (C=O) groups is 1. The van der Waals surface area contributed by atoms with Gasteiger partial charge in [-0.15, -0.1) is 12.4 Å². The Bertz CT molecular complexity index is 506. The molecule has 0 atom stereocenters. The van der Waals surface area contributed by atoms with Crippen LogP contribution in [0.3, 0.4) is 0 Å². The third-order valence-electron chi connectivity index (χ3n) is 4.76. The van der Waals surface area contributed by atoms with Gasteiger partial charge in [0.1, 0.15) is 0 Å². The predicted octanol–water partition coefficient (Wildman–Crippen LogP) is 1.07. The van der Waals surface area contributed by atoms with E-state index in [2.05, 4.69) is 20.8 Å². The lowest BCUT2D eigenvalue weighted by molar-refractivity contribution is 0.0510. The SMILES string of the molecule is COCC1(CNC(=O)c2n[nH]c3c2CCC3)CCNCC1.Cl. The number of H-pyrrole nitrogens is 1. The molecule has 0 radical (unpaired) electrons. The number of amides is 1. The van der Waals surface area contributed by atoms with Crippen LogP contribution < -0.4 is 10.6 Å². The quantitative estimate of drug-likeness (QED) is 0.755. The summed E-state index contributed by atoms with van der Waals surface area (Å²) in [7, 11) is 1.73. The number of hydrogen-bond acceptors (Lipinski definition) is 4. The van der Waals surface area contributed by atoms with Gasteiger partial charge in [0.2, 0.25) is 0 Å². The van der Waals surface area contributed by atoms with Gasteiger partial charge >= 0.3 is 0 Å². The van der Waals surface area contributed by atoms with E-state index in [4.69, 9.17) is 4.74 Å². The number of aryl methyl sites for hydroxylation is 1. The minimum Gasteiger partial charge on any atom is -0.384 e. The highest BCUT2D eigenvalue weighted by Crippen LogP contribution is 2.28. The number of piperidine rings is 1. The van der Waals surface area contributed by atoms with Crippen molar-refractivity contribution in [1.82, 2.24) is 20.8 Å². The summed E-state index contributed by atoms with van der Waals surface area (Å²) in [6.07, 6.45) is 5.14. The normalized spacial score (nSPS) is 19.3. The minimum atomic E-state index is -0.0524. The first-order valence-corrected chi connectivity index (χ1v) is 7.78. The number of aromatic nitrogens is 2. The third kappa shape index (κ3) is 3.45. The molecule has 1 aliphatic carbocycles. The number of fused-ring (bicyclic) bond motifs is 1. The molecule has 0 bridgehead atoms. The molecule has 0 saturated carbocycles. The number of nitrogens with one attached hydrogen (secondary N) is 3. The average Bonchev–Trinajstić information content (AvgIpc) is 3.09. The second-order valence-electron chi connectivity index (χ2n) is 6.25. The largest absolute Gasteiger partial charge is 0.384 e. The Morgan fingerprint density at radius 3 is 2.86 bits per heavy atom. The van der Waals surface area contributed by atoms with Crippen LogP contribution in [0.25, 0.3) is 0 Å². The van der Waals surface area contributed by atoms with Gasteiger partial charge in [0, 0.05) is 30.3 Å². The van der Waals surface area contributed by atoms with Crippen molar-refractivity contribution in [3.8, 4) is 0 Å². The van der Waals surface area contributed by atoms with Gasteiger partial charge in [-0.3, -0.25) is 9.89 Å². The maximum Gasteiger partial charge on any atom is 0.272 e. The van der Waals surface area contributed by atoms with Crippen molar-refractivity contribution in [3.05, 3.63) is 17.0 Å². The van der Waals surface area contributed by atoms with E-state index in [0.717, 1.165) is 56.5 Å². The second-order valence-corrected chi connectivity index (χ2v) is 6.25. The zero-order valence-corrected chi connectivity index (χ0v) is 13.9. The lowest BCUT2D eigenvalue weighted by Gasteiger charge is -2.37. The molecule has 3 rings (SSSR count). The van der Waals surface area contributed by atoms with E-state index in [-0.39, 0.29) is 23.7 Å². The topological polar surface area (TPSA) is 79.0 Å². The standard InChI is InChI=1S/C15H24N4O2.ClH/c1-21-10-15(5-7-16-8-6-15)9-17-14(20)13-11-3-2-4-12(11)18-19-13;/h16H,2-10H2,1H3,(H,17,20)(H,18,19);1H. The molecule has 2 aliphatic rings. The number of aromatic amines is 1. The molecule has 1 aromatic rings. The fraction of sp³-hybridized carbons (Fsp3) is 0.733. The minimum absolute atomic E-state index is 0. The third-order valence-corrected chi connectivity index (χ3v) is 4.76. The maximum absolute atomic E-state index is 12.4. The highest BCUT2D eigenvalue weighted by Gasteiger charge is 2.33. The van der Waals surface area contributed by atoms with Crippen molar-refractivity contribution < 1.29 is 9.53 Å². The zero-order chi connectivity index (χ0) is 14.7. The smallest absolute Gasteiger partial charge is 0.272 e. The molecular formula is C15H25ClN4O2. The van der Waals surface area contributed by atoms with Crippen LogP contribution in [0, 0.1) is 5.41 Å². The molecule has 1 amide bonds. The second kappa shape index (κ2) is 7.44. The number of methoxy groups -OCH3 is 1. The molecule has 1 saturated heterocycles. The predicted molar refractivity (Wildman–Crippen MR) is 86.6 cm³/mol. The molecular weight excluding hydrogens is 304 g/mol. The average molecular weight is 329 g/mol. The first-order chi connectivity index (χ1) is 10.2. The van der Waals surface area contributed by atoms with Crippen molar-refractivity contribution >= 4 is 18.3 Å². The van der Waals surface area contributed by atoms with E-state index in [9.17, 15) is 4.79 Å². The molecule has 1 aliphatic heterocycles. The molecule has 2 heterocycles. The highest BCUT2D eigenvalue weighted by molar-refractivity contribution is 5.94. The molecule has 7 heteroatoms. The van der Waals surface area contributed by atoms with Crippen LogP contribution in [-0.4, -0.2) is 49.5 Å². The van der Waals surface area contributed by atoms with Crippen LogP contribution in [0.5, 0.6) is 0 Å². The van der Waals surface area contributed by atoms with Crippen molar-refractivity contribution in [1.29, 1.82) is 0 Å². The van der Waals surface area contributed by atoms with Gasteiger partial charge in [0.05, 0.1) is 6.61 Å². The number of rotatable bonds is 5. The number of hydrogen-bond donors (Lipinski definition) is 3. The highest BCUT2D eigenvalue weighted by atomic mass is 35.5. The van der Waals surface area contributed by atoms with E-state index in [1.54, 1.807) is 7.11 Å². The van der Waals surface area contributed by atoms with Crippen molar-refractivity contribution in [2.45, 2.75) is 32.1 Å². The van der Waals surface area contributed by atoms with Crippen LogP contribution in [0.2, 0.25) is 0 Å². The van der Waals surface area contributed by atoms with Gasteiger partial charge in [0.25, 0.3) is 5.91 Å². The molecule has 124 valence electrons. The zero-order valence-electron chi connectivity index (χ0n) is 13.0. The maximum atomic E-state index is 12.4. The lowest BCUT2D eigenvalue weighted by Crippen LogP contribution is -2.47. The molecule has 6 nitrogen and oxygen atoms in total. The Morgan fingerprint density at radius 1 is 1.36 bits per heavy atom. The van der Waals surface area contributed by atoms with Gasteiger partial charge in [-0.2, -0.15) is 5.10 Å². The lowest BCUT2D eigenvalue weighted by atomic mass is 9.79. The van der Waals surface area contributed by atoms with E-state index in [1.807, 2.05) is 0 Å². The van der Waals surface area contributed by atoms with Crippen LogP contribution in [0.1, 0.15) is 41.0 Å². The van der Waals surface area contributed by atoms with Crippen LogP contribution in [-0.2, 0) is 17.6 Å². The number of carbonyl (C=O) groups excluding carboxylic acids is 1. The fourth-order valence-corrected chi connectivity index (χ4v) is 3.49. The Balaban J connectivity index is 0.00000176. The summed E-state index contributed by atoms with van der Waals surface area (Å²) in [5.74, 6) is -0.0524. The monoisotopic (exact) mass is 328 g/mol. The Kier molecular flexibility index (Phi) is 5.83. The van der Waals surface area contributed by atoms with Gasteiger partial charge in [0.15, 0.2) is 5.69 Å². The number of halogens is 1. The fourth-order valence-electron chi connectivity index (χ4n) is 3.49. The molecule has 1 aromatic heterocycles. The Hall–Kier alpha value is -1.11.